The van der Waals surface area contributed by atoms with Crippen LogP contribution in [0.3, 0.4) is 0 Å². The van der Waals surface area contributed by atoms with E-state index in [4.69, 9.17) is 11.6 Å². The van der Waals surface area contributed by atoms with Crippen LogP contribution in [-0.2, 0) is 10.0 Å². The molecule has 0 amide bonds. The number of rotatable bonds is 4. The first-order valence-electron chi connectivity index (χ1n) is 6.58. The van der Waals surface area contributed by atoms with Crippen LogP contribution in [0.15, 0.2) is 29.2 Å². The third-order valence-electron chi connectivity index (χ3n) is 3.73. The van der Waals surface area contributed by atoms with Gasteiger partial charge in [0.15, 0.2) is 0 Å². The molecule has 2 N–H and O–H groups in total. The number of fused-ring (bicyclic) bond motifs is 1. The molecule has 0 bridgehead atoms. The maximum Gasteiger partial charge on any atom is 0.243 e. The largest absolute Gasteiger partial charge is 0.394 e. The maximum atomic E-state index is 12.6. The molecular formula is C14H15ClN2O3S. The Balaban J connectivity index is 2.14. The zero-order valence-electron chi connectivity index (χ0n) is 11.4. The topological polar surface area (TPSA) is 79.3 Å². The van der Waals surface area contributed by atoms with Crippen LogP contribution >= 0.6 is 11.6 Å². The summed E-state index contributed by atoms with van der Waals surface area (Å²) >= 11 is 6.02. The summed E-state index contributed by atoms with van der Waals surface area (Å²) in [7, 11) is -3.75. The van der Waals surface area contributed by atoms with Gasteiger partial charge < -0.3 is 5.11 Å². The van der Waals surface area contributed by atoms with Crippen molar-refractivity contribution in [3.8, 4) is 0 Å². The maximum absolute atomic E-state index is 12.6. The van der Waals surface area contributed by atoms with Gasteiger partial charge in [-0.25, -0.2) is 18.1 Å². The molecule has 0 radical (unpaired) electrons. The number of para-hydroxylation sites is 1. The molecule has 21 heavy (non-hydrogen) atoms. The highest BCUT2D eigenvalue weighted by Crippen LogP contribution is 2.37. The number of nitrogens with one attached hydrogen (secondary N) is 1. The van der Waals surface area contributed by atoms with Crippen LogP contribution in [0.2, 0.25) is 5.15 Å². The van der Waals surface area contributed by atoms with Crippen molar-refractivity contribution in [3.05, 3.63) is 35.0 Å². The Morgan fingerprint density at radius 1 is 1.43 bits per heavy atom. The van der Waals surface area contributed by atoms with Gasteiger partial charge in [0, 0.05) is 5.39 Å². The molecular weight excluding hydrogens is 312 g/mol. The van der Waals surface area contributed by atoms with E-state index in [0.29, 0.717) is 23.7 Å². The highest BCUT2D eigenvalue weighted by atomic mass is 35.5. The number of aromatic nitrogens is 1. The van der Waals surface area contributed by atoms with Crippen molar-refractivity contribution in [1.82, 2.24) is 9.71 Å². The number of aliphatic hydroxyl groups excluding tert-OH is 1. The number of hydrogen-bond donors (Lipinski definition) is 2. The van der Waals surface area contributed by atoms with Gasteiger partial charge in [0.2, 0.25) is 10.0 Å². The molecule has 1 saturated carbocycles. The predicted octanol–water partition coefficient (Wildman–Crippen LogP) is 2.00. The Hall–Kier alpha value is -1.21. The molecule has 0 aliphatic heterocycles. The summed E-state index contributed by atoms with van der Waals surface area (Å²) in [5.74, 6) is 0. The lowest BCUT2D eigenvalue weighted by Gasteiger charge is -2.15. The first-order valence-corrected chi connectivity index (χ1v) is 8.44. The molecule has 112 valence electrons. The van der Waals surface area contributed by atoms with Crippen molar-refractivity contribution >= 4 is 32.5 Å². The molecule has 1 aromatic heterocycles. The zero-order valence-corrected chi connectivity index (χ0v) is 13.0. The summed E-state index contributed by atoms with van der Waals surface area (Å²) in [5, 5.41) is 10.3. The first kappa shape index (κ1) is 14.7. The van der Waals surface area contributed by atoms with Gasteiger partial charge in [0.1, 0.15) is 10.0 Å². The second kappa shape index (κ2) is 4.91. The van der Waals surface area contributed by atoms with E-state index in [0.717, 1.165) is 5.56 Å². The highest BCUT2D eigenvalue weighted by molar-refractivity contribution is 7.89. The lowest BCUT2D eigenvalue weighted by atomic mass is 10.2. The third-order valence-corrected chi connectivity index (χ3v) is 5.73. The average molecular weight is 327 g/mol. The highest BCUT2D eigenvalue weighted by Gasteiger charge is 2.45. The van der Waals surface area contributed by atoms with Crippen LogP contribution in [0.4, 0.5) is 0 Å². The van der Waals surface area contributed by atoms with E-state index in [1.54, 1.807) is 12.1 Å². The fraction of sp³-hybridized carbons (Fsp3) is 0.357. The summed E-state index contributed by atoms with van der Waals surface area (Å²) in [4.78, 5) is 4.29. The fourth-order valence-corrected chi connectivity index (χ4v) is 4.02. The number of aliphatic hydroxyl groups is 1. The average Bonchev–Trinajstić information content (AvgIpc) is 3.19. The quantitative estimate of drug-likeness (QED) is 0.842. The molecule has 0 saturated heterocycles. The van der Waals surface area contributed by atoms with E-state index >= 15 is 0 Å². The Kier molecular flexibility index (Phi) is 3.44. The molecule has 0 unspecified atom stereocenters. The molecule has 0 atom stereocenters. The van der Waals surface area contributed by atoms with Crippen LogP contribution < -0.4 is 4.72 Å². The van der Waals surface area contributed by atoms with Crippen LogP contribution in [0.1, 0.15) is 18.4 Å². The van der Waals surface area contributed by atoms with E-state index in [2.05, 4.69) is 9.71 Å². The third kappa shape index (κ3) is 2.64. The van der Waals surface area contributed by atoms with E-state index in [1.807, 2.05) is 13.0 Å². The van der Waals surface area contributed by atoms with Crippen LogP contribution in [0.25, 0.3) is 10.9 Å². The number of benzene rings is 1. The molecule has 1 heterocycles. The molecule has 1 aliphatic carbocycles. The second-order valence-corrected chi connectivity index (χ2v) is 7.48. The number of aryl methyl sites for hydroxylation is 1. The summed E-state index contributed by atoms with van der Waals surface area (Å²) in [6, 6.07) is 6.77. The van der Waals surface area contributed by atoms with Crippen molar-refractivity contribution in [2.24, 2.45) is 0 Å². The molecule has 5 nitrogen and oxygen atoms in total. The minimum atomic E-state index is -3.75. The summed E-state index contributed by atoms with van der Waals surface area (Å²) in [6.45, 7) is 1.61. The monoisotopic (exact) mass is 326 g/mol. The van der Waals surface area contributed by atoms with Crippen molar-refractivity contribution in [3.63, 3.8) is 0 Å². The Labute approximate surface area is 128 Å². The second-order valence-electron chi connectivity index (χ2n) is 5.47. The Morgan fingerprint density at radius 2 is 2.14 bits per heavy atom. The van der Waals surface area contributed by atoms with Gasteiger partial charge in [-0.15, -0.1) is 0 Å². The van der Waals surface area contributed by atoms with E-state index in [9.17, 15) is 13.5 Å². The van der Waals surface area contributed by atoms with E-state index < -0.39 is 15.6 Å². The number of nitrogens with zero attached hydrogens (tertiary/aromatic N) is 1. The van der Waals surface area contributed by atoms with Crippen molar-refractivity contribution in [2.45, 2.75) is 30.2 Å². The van der Waals surface area contributed by atoms with Gasteiger partial charge in [-0.1, -0.05) is 23.7 Å². The van der Waals surface area contributed by atoms with Crippen molar-refractivity contribution < 1.29 is 13.5 Å². The molecule has 3 rings (SSSR count). The fourth-order valence-electron chi connectivity index (χ4n) is 2.25. The number of hydrogen-bond acceptors (Lipinski definition) is 4. The normalized spacial score (nSPS) is 17.1. The van der Waals surface area contributed by atoms with Gasteiger partial charge >= 0.3 is 0 Å². The Bertz CT molecular complexity index is 816. The van der Waals surface area contributed by atoms with Gasteiger partial charge in [0.25, 0.3) is 0 Å². The minimum absolute atomic E-state index is 0.0848. The standard InChI is InChI=1S/C14H15ClN2O3S/c1-9-7-10-3-2-4-11(12(10)16-13(9)15)21(19,20)17-14(8-18)5-6-14/h2-4,7,17-18H,5-6,8H2,1H3. The van der Waals surface area contributed by atoms with E-state index in [1.165, 1.54) is 6.07 Å². The Morgan fingerprint density at radius 3 is 2.76 bits per heavy atom. The molecule has 1 fully saturated rings. The zero-order chi connectivity index (χ0) is 15.3. The van der Waals surface area contributed by atoms with Gasteiger partial charge in [-0.2, -0.15) is 0 Å². The SMILES string of the molecule is Cc1cc2cccc(S(=O)(=O)NC3(CO)CC3)c2nc1Cl. The van der Waals surface area contributed by atoms with Gasteiger partial charge in [-0.3, -0.25) is 0 Å². The first-order chi connectivity index (χ1) is 9.87. The number of halogens is 1. The molecule has 2 aromatic rings. The van der Waals surface area contributed by atoms with Crippen molar-refractivity contribution in [1.29, 1.82) is 0 Å². The number of sulfonamides is 1. The summed E-state index contributed by atoms with van der Waals surface area (Å²) < 4.78 is 27.7. The van der Waals surface area contributed by atoms with Crippen LogP contribution in [0, 0.1) is 6.92 Å². The smallest absolute Gasteiger partial charge is 0.243 e. The van der Waals surface area contributed by atoms with Gasteiger partial charge in [0.05, 0.1) is 17.7 Å². The summed E-state index contributed by atoms with van der Waals surface area (Å²) in [5.41, 5.74) is 0.421. The van der Waals surface area contributed by atoms with Crippen LogP contribution in [-0.4, -0.2) is 30.7 Å². The van der Waals surface area contributed by atoms with E-state index in [-0.39, 0.29) is 16.7 Å². The summed E-state index contributed by atoms with van der Waals surface area (Å²) in [6.07, 6.45) is 1.28. The lowest BCUT2D eigenvalue weighted by Crippen LogP contribution is -2.39. The van der Waals surface area contributed by atoms with Gasteiger partial charge in [-0.05, 0) is 37.5 Å². The van der Waals surface area contributed by atoms with Crippen molar-refractivity contribution in [2.75, 3.05) is 6.61 Å². The predicted molar refractivity (Wildman–Crippen MR) is 80.9 cm³/mol. The lowest BCUT2D eigenvalue weighted by molar-refractivity contribution is 0.246. The van der Waals surface area contributed by atoms with Crippen LogP contribution in [0.5, 0.6) is 0 Å². The molecule has 1 aliphatic rings. The molecule has 1 aromatic carbocycles. The molecule has 0 spiro atoms. The number of pyridine rings is 1. The molecule has 7 heteroatoms. The minimum Gasteiger partial charge on any atom is -0.394 e.